The van der Waals surface area contributed by atoms with E-state index in [1.165, 1.54) is 16.7 Å². The number of ether oxygens (including phenoxy) is 1. The number of para-hydroxylation sites is 1. The van der Waals surface area contributed by atoms with Gasteiger partial charge in [-0.25, -0.2) is 9.59 Å². The van der Waals surface area contributed by atoms with Gasteiger partial charge in [0.05, 0.1) is 16.3 Å². The lowest BCUT2D eigenvalue weighted by molar-refractivity contribution is -0.142. The smallest absolute Gasteiger partial charge is 0.418 e. The van der Waals surface area contributed by atoms with Gasteiger partial charge in [0.2, 0.25) is 0 Å². The SMILES string of the molecule is Nc1c(Cl)cc(CC(OC(=O)N2CCC(N3CCc4ccccc4NC3=O)CC2)C(=O)N2CCC(N3CCN4CCC=C4C3)CC2)cc1C(F)(F)F. The normalized spacial score (nSPS) is 21.2. The number of piperazine rings is 1. The molecule has 280 valence electrons. The number of anilines is 2. The number of benzene rings is 2. The molecule has 2 aromatic rings. The van der Waals surface area contributed by atoms with E-state index in [1.807, 2.05) is 29.2 Å². The quantitative estimate of drug-likeness (QED) is 0.379. The van der Waals surface area contributed by atoms with E-state index in [2.05, 4.69) is 21.2 Å². The van der Waals surface area contributed by atoms with Gasteiger partial charge < -0.3 is 35.4 Å². The summed E-state index contributed by atoms with van der Waals surface area (Å²) in [5.74, 6) is -0.452. The number of hydrogen-bond donors (Lipinski definition) is 2. The fourth-order valence-electron chi connectivity index (χ4n) is 8.30. The van der Waals surface area contributed by atoms with E-state index in [9.17, 15) is 27.6 Å². The molecule has 4 amide bonds. The molecule has 5 heterocycles. The van der Waals surface area contributed by atoms with Crippen LogP contribution >= 0.6 is 11.6 Å². The number of nitrogens with one attached hydrogen (secondary N) is 1. The van der Waals surface area contributed by atoms with Crippen LogP contribution < -0.4 is 11.1 Å². The molecule has 2 aromatic carbocycles. The van der Waals surface area contributed by atoms with Crippen LogP contribution in [0.25, 0.3) is 0 Å². The first kappa shape index (κ1) is 36.2. The van der Waals surface area contributed by atoms with Crippen molar-refractivity contribution in [2.45, 2.75) is 69.3 Å². The van der Waals surface area contributed by atoms with Crippen LogP contribution in [0.2, 0.25) is 5.02 Å². The van der Waals surface area contributed by atoms with Crippen LogP contribution in [0.15, 0.2) is 48.2 Å². The van der Waals surface area contributed by atoms with Gasteiger partial charge in [-0.05, 0) is 67.9 Å². The topological polar surface area (TPSA) is 115 Å². The van der Waals surface area contributed by atoms with Crippen LogP contribution in [0.3, 0.4) is 0 Å². The lowest BCUT2D eigenvalue weighted by Crippen LogP contribution is -2.54. The number of amides is 4. The summed E-state index contributed by atoms with van der Waals surface area (Å²) in [7, 11) is 0. The molecule has 5 aliphatic heterocycles. The first-order chi connectivity index (χ1) is 24.9. The Bertz CT molecular complexity index is 1710. The molecule has 0 aliphatic carbocycles. The van der Waals surface area contributed by atoms with Gasteiger partial charge in [0.15, 0.2) is 6.10 Å². The highest BCUT2D eigenvalue weighted by Gasteiger charge is 2.39. The summed E-state index contributed by atoms with van der Waals surface area (Å²) in [6, 6.07) is 9.89. The molecule has 0 bridgehead atoms. The number of rotatable bonds is 6. The molecule has 0 saturated carbocycles. The van der Waals surface area contributed by atoms with E-state index in [0.717, 1.165) is 62.8 Å². The summed E-state index contributed by atoms with van der Waals surface area (Å²) in [4.78, 5) is 50.7. The monoisotopic (exact) mass is 743 g/mol. The number of alkyl halides is 3. The summed E-state index contributed by atoms with van der Waals surface area (Å²) in [5.41, 5.74) is 7.28. The number of halogens is 4. The fourth-order valence-corrected chi connectivity index (χ4v) is 8.54. The molecular formula is C37H45ClF3N7O4. The Balaban J connectivity index is 1.01. The van der Waals surface area contributed by atoms with E-state index < -0.39 is 35.5 Å². The number of carbonyl (C=O) groups is 3. The molecule has 0 radical (unpaired) electrons. The third-order valence-electron chi connectivity index (χ3n) is 11.2. The van der Waals surface area contributed by atoms with Crippen molar-refractivity contribution in [1.29, 1.82) is 0 Å². The summed E-state index contributed by atoms with van der Waals surface area (Å²) in [6.45, 7) is 5.94. The third-order valence-corrected chi connectivity index (χ3v) is 11.6. The zero-order chi connectivity index (χ0) is 36.6. The van der Waals surface area contributed by atoms with E-state index in [-0.39, 0.29) is 29.1 Å². The molecule has 15 heteroatoms. The van der Waals surface area contributed by atoms with Gasteiger partial charge in [-0.3, -0.25) is 9.69 Å². The fraction of sp³-hybridized carbons (Fsp3) is 0.541. The molecule has 7 rings (SSSR count). The lowest BCUT2D eigenvalue weighted by atomic mass is 9.99. The van der Waals surface area contributed by atoms with Crippen molar-refractivity contribution >= 4 is 41.0 Å². The van der Waals surface area contributed by atoms with Crippen molar-refractivity contribution < 1.29 is 32.3 Å². The number of hydrogen-bond acceptors (Lipinski definition) is 7. The van der Waals surface area contributed by atoms with E-state index in [0.29, 0.717) is 58.0 Å². The van der Waals surface area contributed by atoms with Crippen LogP contribution in [0.5, 0.6) is 0 Å². The minimum absolute atomic E-state index is 0.0853. The second-order valence-corrected chi connectivity index (χ2v) is 14.8. The molecule has 0 aromatic heterocycles. The highest BCUT2D eigenvalue weighted by atomic mass is 35.5. The predicted molar refractivity (Wildman–Crippen MR) is 191 cm³/mol. The number of likely N-dealkylation sites (tertiary alicyclic amines) is 2. The Morgan fingerprint density at radius 2 is 1.65 bits per heavy atom. The van der Waals surface area contributed by atoms with Gasteiger partial charge in [-0.2, -0.15) is 13.2 Å². The van der Waals surface area contributed by atoms with Crippen LogP contribution in [-0.4, -0.2) is 120 Å². The minimum Gasteiger partial charge on any atom is -0.436 e. The number of urea groups is 1. The van der Waals surface area contributed by atoms with Crippen molar-refractivity contribution in [3.8, 4) is 0 Å². The van der Waals surface area contributed by atoms with Crippen molar-refractivity contribution in [2.75, 3.05) is 70.0 Å². The summed E-state index contributed by atoms with van der Waals surface area (Å²) < 4.78 is 47.4. The van der Waals surface area contributed by atoms with Crippen molar-refractivity contribution in [2.24, 2.45) is 0 Å². The number of carbonyl (C=O) groups excluding carboxylic acids is 3. The Labute approximate surface area is 306 Å². The van der Waals surface area contributed by atoms with Crippen LogP contribution in [0.4, 0.5) is 34.1 Å². The van der Waals surface area contributed by atoms with E-state index in [4.69, 9.17) is 22.1 Å². The predicted octanol–water partition coefficient (Wildman–Crippen LogP) is 5.44. The Morgan fingerprint density at radius 3 is 2.40 bits per heavy atom. The van der Waals surface area contributed by atoms with E-state index in [1.54, 1.807) is 4.90 Å². The van der Waals surface area contributed by atoms with Crippen LogP contribution in [0.1, 0.15) is 48.8 Å². The first-order valence-electron chi connectivity index (χ1n) is 18.2. The van der Waals surface area contributed by atoms with Gasteiger partial charge in [0, 0.05) is 88.8 Å². The summed E-state index contributed by atoms with van der Waals surface area (Å²) in [5, 5.41) is 2.70. The zero-order valence-corrected chi connectivity index (χ0v) is 29.8. The van der Waals surface area contributed by atoms with Gasteiger partial charge >= 0.3 is 18.3 Å². The summed E-state index contributed by atoms with van der Waals surface area (Å²) >= 11 is 6.13. The molecule has 11 nitrogen and oxygen atoms in total. The van der Waals surface area contributed by atoms with E-state index >= 15 is 0 Å². The van der Waals surface area contributed by atoms with Crippen molar-refractivity contribution in [1.82, 2.24) is 24.5 Å². The highest BCUT2D eigenvalue weighted by molar-refractivity contribution is 6.33. The number of nitrogens with zero attached hydrogens (tertiary/aromatic N) is 5. The largest absolute Gasteiger partial charge is 0.436 e. The zero-order valence-electron chi connectivity index (χ0n) is 29.0. The Hall–Kier alpha value is -4.17. The average molecular weight is 744 g/mol. The number of nitrogen functional groups attached to an aromatic ring is 1. The van der Waals surface area contributed by atoms with Crippen LogP contribution in [-0.2, 0) is 28.5 Å². The third kappa shape index (κ3) is 7.78. The minimum atomic E-state index is -4.76. The van der Waals surface area contributed by atoms with Gasteiger partial charge in [0.1, 0.15) is 0 Å². The lowest BCUT2D eigenvalue weighted by Gasteiger charge is -2.43. The van der Waals surface area contributed by atoms with Crippen LogP contribution in [0, 0.1) is 0 Å². The second kappa shape index (κ2) is 15.1. The molecule has 0 spiro atoms. The first-order valence-corrected chi connectivity index (χ1v) is 18.6. The molecule has 1 unspecified atom stereocenters. The molecule has 3 N–H and O–H groups in total. The summed E-state index contributed by atoms with van der Waals surface area (Å²) in [6.07, 6.45) is -0.566. The average Bonchev–Trinajstić information content (AvgIpc) is 3.54. The Kier molecular flexibility index (Phi) is 10.5. The standard InChI is InChI=1S/C37H45ClF3N7O4/c38-30-21-24(20-29(33(30)42)37(39,40)41)22-32(34(49)45-13-8-26(9-14-45)47-19-18-44-12-3-5-28(44)23-47)52-36(51)46-15-10-27(11-16-46)48-17-7-25-4-1-2-6-31(25)43-35(48)50/h1-2,4-6,20-21,26-27,32H,3,7-19,22-23,42H2,(H,43,50). The maximum Gasteiger partial charge on any atom is 0.418 e. The highest BCUT2D eigenvalue weighted by Crippen LogP contribution is 2.38. The van der Waals surface area contributed by atoms with Crippen molar-refractivity contribution in [3.05, 3.63) is 69.9 Å². The maximum atomic E-state index is 14.1. The van der Waals surface area contributed by atoms with Gasteiger partial charge in [-0.1, -0.05) is 35.9 Å². The van der Waals surface area contributed by atoms with Gasteiger partial charge in [-0.15, -0.1) is 0 Å². The molecule has 5 aliphatic rings. The molecule has 1 atom stereocenters. The second-order valence-electron chi connectivity index (χ2n) is 14.4. The number of nitrogens with two attached hydrogens (primary N) is 1. The number of fused-ring (bicyclic) bond motifs is 2. The molecule has 3 fully saturated rings. The number of piperidine rings is 2. The molecule has 52 heavy (non-hydrogen) atoms. The van der Waals surface area contributed by atoms with Gasteiger partial charge in [0.25, 0.3) is 5.91 Å². The Morgan fingerprint density at radius 1 is 0.942 bits per heavy atom. The molecular weight excluding hydrogens is 699 g/mol. The maximum absolute atomic E-state index is 14.1. The molecule has 3 saturated heterocycles. The van der Waals surface area contributed by atoms with Crippen molar-refractivity contribution in [3.63, 3.8) is 0 Å².